The monoisotopic (exact) mass is 419 g/mol. The first-order valence-electron chi connectivity index (χ1n) is 10.3. The number of H-pyrrole nitrogens is 1. The van der Waals surface area contributed by atoms with Crippen molar-refractivity contribution in [3.63, 3.8) is 0 Å². The fourth-order valence-corrected chi connectivity index (χ4v) is 4.08. The van der Waals surface area contributed by atoms with Crippen LogP contribution in [-0.4, -0.2) is 75.7 Å². The highest BCUT2D eigenvalue weighted by molar-refractivity contribution is 5.68. The van der Waals surface area contributed by atoms with Gasteiger partial charge in [-0.1, -0.05) is 0 Å². The predicted molar refractivity (Wildman–Crippen MR) is 108 cm³/mol. The highest BCUT2D eigenvalue weighted by Gasteiger charge is 2.40. The van der Waals surface area contributed by atoms with Crippen LogP contribution in [0.25, 0.3) is 5.52 Å². The molecule has 4 rings (SSSR count). The number of hydrogen-bond donors (Lipinski definition) is 1. The second-order valence-electron chi connectivity index (χ2n) is 8.91. The lowest BCUT2D eigenvalue weighted by Crippen LogP contribution is -2.36. The first-order valence-corrected chi connectivity index (χ1v) is 10.3. The maximum atomic E-state index is 12.7. The summed E-state index contributed by atoms with van der Waals surface area (Å²) < 4.78 is 18.2. The van der Waals surface area contributed by atoms with Crippen LogP contribution in [0.2, 0.25) is 0 Å². The van der Waals surface area contributed by atoms with Gasteiger partial charge in [-0.25, -0.2) is 14.3 Å². The van der Waals surface area contributed by atoms with Gasteiger partial charge in [-0.2, -0.15) is 5.10 Å². The third-order valence-corrected chi connectivity index (χ3v) is 5.60. The van der Waals surface area contributed by atoms with Crippen molar-refractivity contribution in [1.29, 1.82) is 0 Å². The number of rotatable bonds is 3. The summed E-state index contributed by atoms with van der Waals surface area (Å²) in [5.41, 5.74) is -0.425. The Morgan fingerprint density at radius 3 is 2.67 bits per heavy atom. The van der Waals surface area contributed by atoms with Gasteiger partial charge in [0.25, 0.3) is 5.56 Å². The Kier molecular flexibility index (Phi) is 5.54. The van der Waals surface area contributed by atoms with Gasteiger partial charge in [-0.3, -0.25) is 4.79 Å². The summed E-state index contributed by atoms with van der Waals surface area (Å²) in [6.07, 6.45) is 2.56. The van der Waals surface area contributed by atoms with E-state index in [1.165, 1.54) is 0 Å². The van der Waals surface area contributed by atoms with Gasteiger partial charge in [-0.15, -0.1) is 0 Å². The van der Waals surface area contributed by atoms with E-state index in [0.717, 1.165) is 18.7 Å². The Morgan fingerprint density at radius 2 is 2.00 bits per heavy atom. The third kappa shape index (κ3) is 4.06. The van der Waals surface area contributed by atoms with Gasteiger partial charge in [0.15, 0.2) is 5.52 Å². The fraction of sp³-hybridized carbons (Fsp3) is 0.700. The third-order valence-electron chi connectivity index (χ3n) is 5.60. The Morgan fingerprint density at radius 1 is 1.27 bits per heavy atom. The summed E-state index contributed by atoms with van der Waals surface area (Å²) in [6.45, 7) is 7.56. The summed E-state index contributed by atoms with van der Waals surface area (Å²) in [7, 11) is 1.59. The van der Waals surface area contributed by atoms with E-state index in [-0.39, 0.29) is 23.5 Å². The zero-order valence-corrected chi connectivity index (χ0v) is 17.9. The molecule has 0 aromatic carbocycles. The lowest BCUT2D eigenvalue weighted by molar-refractivity contribution is 0.0252. The number of hydrogen-bond acceptors (Lipinski definition) is 7. The van der Waals surface area contributed by atoms with Crippen molar-refractivity contribution in [2.24, 2.45) is 0 Å². The molecule has 164 valence electrons. The molecule has 0 spiro atoms. The van der Waals surface area contributed by atoms with Crippen LogP contribution in [0, 0.1) is 0 Å². The molecular formula is C20H29N5O5. The average molecular weight is 419 g/mol. The maximum absolute atomic E-state index is 12.7. The molecule has 2 aromatic heterocycles. The second kappa shape index (κ2) is 7.99. The molecule has 2 fully saturated rings. The Balaban J connectivity index is 1.64. The van der Waals surface area contributed by atoms with Crippen molar-refractivity contribution in [3.8, 4) is 0 Å². The largest absolute Gasteiger partial charge is 0.444 e. The standard InChI is InChI=1S/C20H29N5O5/c1-20(2,3)30-19(27)24-10-13(15(11-24)28-4)16-22-18(26)14-9-21-17(25(14)23-16)12-5-7-29-8-6-12/h9,12-13,15H,5-8,10-11H2,1-4H3,(H,22,23,26). The van der Waals surface area contributed by atoms with E-state index in [0.29, 0.717) is 37.6 Å². The summed E-state index contributed by atoms with van der Waals surface area (Å²) in [5.74, 6) is 1.18. The number of imidazole rings is 1. The maximum Gasteiger partial charge on any atom is 0.410 e. The molecule has 1 amide bonds. The molecule has 0 aliphatic carbocycles. The van der Waals surface area contributed by atoms with Gasteiger partial charge < -0.3 is 24.1 Å². The molecule has 0 saturated carbocycles. The minimum absolute atomic E-state index is 0.198. The molecule has 2 unspecified atom stereocenters. The molecule has 0 radical (unpaired) electrons. The SMILES string of the molecule is COC1CN(C(=O)OC(C)(C)C)CC1c1nn2c(C3CCOCC3)ncc2c(=O)[nH]1. The van der Waals surface area contributed by atoms with E-state index in [1.54, 1.807) is 22.7 Å². The van der Waals surface area contributed by atoms with Gasteiger partial charge in [0.1, 0.15) is 17.2 Å². The summed E-state index contributed by atoms with van der Waals surface area (Å²) in [6, 6.07) is 0. The van der Waals surface area contributed by atoms with Crippen LogP contribution in [-0.2, 0) is 14.2 Å². The Hall–Kier alpha value is -2.46. The van der Waals surface area contributed by atoms with Gasteiger partial charge in [0, 0.05) is 32.8 Å². The highest BCUT2D eigenvalue weighted by Crippen LogP contribution is 2.29. The van der Waals surface area contributed by atoms with Crippen molar-refractivity contribution in [2.75, 3.05) is 33.4 Å². The van der Waals surface area contributed by atoms with Crippen LogP contribution in [0.3, 0.4) is 0 Å². The van der Waals surface area contributed by atoms with Crippen molar-refractivity contribution in [2.45, 2.75) is 57.2 Å². The molecule has 2 atom stereocenters. The number of aromatic nitrogens is 4. The molecule has 10 heteroatoms. The first kappa shape index (κ1) is 20.8. The molecule has 4 heterocycles. The predicted octanol–water partition coefficient (Wildman–Crippen LogP) is 1.66. The van der Waals surface area contributed by atoms with Crippen LogP contribution in [0.4, 0.5) is 4.79 Å². The first-order chi connectivity index (χ1) is 14.3. The average Bonchev–Trinajstić information content (AvgIpc) is 3.32. The summed E-state index contributed by atoms with van der Waals surface area (Å²) >= 11 is 0. The minimum atomic E-state index is -0.585. The van der Waals surface area contributed by atoms with Crippen molar-refractivity contribution in [3.05, 3.63) is 28.2 Å². The van der Waals surface area contributed by atoms with E-state index in [4.69, 9.17) is 19.3 Å². The lowest BCUT2D eigenvalue weighted by Gasteiger charge is -2.24. The van der Waals surface area contributed by atoms with Crippen LogP contribution in [0.15, 0.2) is 11.0 Å². The molecule has 10 nitrogen and oxygen atoms in total. The summed E-state index contributed by atoms with van der Waals surface area (Å²) in [4.78, 5) is 34.2. The van der Waals surface area contributed by atoms with Gasteiger partial charge in [-0.05, 0) is 33.6 Å². The molecular weight excluding hydrogens is 390 g/mol. The molecule has 30 heavy (non-hydrogen) atoms. The van der Waals surface area contributed by atoms with E-state index < -0.39 is 11.7 Å². The quantitative estimate of drug-likeness (QED) is 0.805. The number of nitrogens with one attached hydrogen (secondary N) is 1. The number of aromatic amines is 1. The van der Waals surface area contributed by atoms with Crippen molar-refractivity contribution < 1.29 is 19.0 Å². The van der Waals surface area contributed by atoms with Crippen LogP contribution < -0.4 is 5.56 Å². The van der Waals surface area contributed by atoms with Crippen molar-refractivity contribution >= 4 is 11.6 Å². The Bertz CT molecular complexity index is 972. The number of methoxy groups -OCH3 is 1. The lowest BCUT2D eigenvalue weighted by atomic mass is 10.00. The van der Waals surface area contributed by atoms with Gasteiger partial charge in [0.05, 0.1) is 24.8 Å². The van der Waals surface area contributed by atoms with E-state index in [9.17, 15) is 9.59 Å². The van der Waals surface area contributed by atoms with Crippen LogP contribution >= 0.6 is 0 Å². The normalized spacial score (nSPS) is 23.3. The fourth-order valence-electron chi connectivity index (χ4n) is 4.08. The number of ether oxygens (including phenoxy) is 3. The number of nitrogens with zero attached hydrogens (tertiary/aromatic N) is 4. The molecule has 0 bridgehead atoms. The van der Waals surface area contributed by atoms with Crippen LogP contribution in [0.5, 0.6) is 0 Å². The van der Waals surface area contributed by atoms with Gasteiger partial charge >= 0.3 is 6.09 Å². The Labute approximate surface area is 174 Å². The number of fused-ring (bicyclic) bond motifs is 1. The number of amides is 1. The van der Waals surface area contributed by atoms with E-state index in [2.05, 4.69) is 9.97 Å². The molecule has 2 aliphatic heterocycles. The molecule has 2 aromatic rings. The highest BCUT2D eigenvalue weighted by atomic mass is 16.6. The van der Waals surface area contributed by atoms with Crippen molar-refractivity contribution in [1.82, 2.24) is 24.5 Å². The molecule has 2 aliphatic rings. The minimum Gasteiger partial charge on any atom is -0.444 e. The van der Waals surface area contributed by atoms with Crippen LogP contribution in [0.1, 0.15) is 57.1 Å². The smallest absolute Gasteiger partial charge is 0.410 e. The zero-order valence-electron chi connectivity index (χ0n) is 17.9. The topological polar surface area (TPSA) is 111 Å². The van der Waals surface area contributed by atoms with Gasteiger partial charge in [0.2, 0.25) is 0 Å². The van der Waals surface area contributed by atoms with E-state index in [1.807, 2.05) is 20.8 Å². The second-order valence-corrected chi connectivity index (χ2v) is 8.91. The number of likely N-dealkylation sites (tertiary alicyclic amines) is 1. The molecule has 1 N–H and O–H groups in total. The summed E-state index contributed by atoms with van der Waals surface area (Å²) in [5, 5.41) is 4.72. The number of carbonyl (C=O) groups excluding carboxylic acids is 1. The zero-order chi connectivity index (χ0) is 21.5. The molecule has 2 saturated heterocycles. The number of carbonyl (C=O) groups is 1. The van der Waals surface area contributed by atoms with E-state index >= 15 is 0 Å².